The van der Waals surface area contributed by atoms with Gasteiger partial charge in [0.05, 0.1) is 18.5 Å². The Morgan fingerprint density at radius 3 is 3.17 bits per heavy atom. The van der Waals surface area contributed by atoms with Crippen molar-refractivity contribution in [2.24, 2.45) is 5.92 Å². The number of rotatable bonds is 5. The van der Waals surface area contributed by atoms with Crippen LogP contribution in [0.4, 0.5) is 4.39 Å². The molecule has 2 aromatic rings. The lowest BCUT2D eigenvalue weighted by atomic mass is 9.94. The molecule has 0 aliphatic carbocycles. The van der Waals surface area contributed by atoms with Gasteiger partial charge in [0.15, 0.2) is 0 Å². The van der Waals surface area contributed by atoms with Gasteiger partial charge in [-0.25, -0.2) is 14.8 Å². The second kappa shape index (κ2) is 6.84. The highest BCUT2D eigenvalue weighted by Gasteiger charge is 2.34. The molecule has 1 aromatic carbocycles. The Balaban J connectivity index is 1.64. The van der Waals surface area contributed by atoms with Gasteiger partial charge in [-0.1, -0.05) is 12.1 Å². The third-order valence-corrected chi connectivity index (χ3v) is 3.84. The number of hydrogen-bond acceptors (Lipinski definition) is 5. The van der Waals surface area contributed by atoms with Crippen LogP contribution in [-0.2, 0) is 11.3 Å². The van der Waals surface area contributed by atoms with Crippen LogP contribution in [-0.4, -0.2) is 33.3 Å². The van der Waals surface area contributed by atoms with Gasteiger partial charge < -0.3 is 5.32 Å². The van der Waals surface area contributed by atoms with Crippen LogP contribution in [0.2, 0.25) is 0 Å². The van der Waals surface area contributed by atoms with Crippen LogP contribution in [0.15, 0.2) is 36.9 Å². The maximum atomic E-state index is 13.4. The van der Waals surface area contributed by atoms with Crippen molar-refractivity contribution in [3.05, 3.63) is 48.3 Å². The maximum absolute atomic E-state index is 13.4. The first-order chi connectivity index (χ1) is 11.1. The molecule has 1 aliphatic rings. The molecule has 3 rings (SSSR count). The summed E-state index contributed by atoms with van der Waals surface area (Å²) in [5.74, 6) is -0.700. The van der Waals surface area contributed by atoms with Crippen LogP contribution in [0, 0.1) is 11.7 Å². The summed E-state index contributed by atoms with van der Waals surface area (Å²) in [7, 11) is 0. The number of halogens is 1. The van der Waals surface area contributed by atoms with Gasteiger partial charge in [0.25, 0.3) is 0 Å². The molecule has 3 unspecified atom stereocenters. The lowest BCUT2D eigenvalue weighted by molar-refractivity contribution is -0.125. The minimum atomic E-state index is -0.310. The summed E-state index contributed by atoms with van der Waals surface area (Å²) in [6, 6.07) is 5.95. The molecule has 3 atom stereocenters. The van der Waals surface area contributed by atoms with Gasteiger partial charge in [-0.15, -0.1) is 0 Å². The average Bonchev–Trinajstić information content (AvgIpc) is 3.17. The molecule has 0 radical (unpaired) electrons. The number of hydrogen-bond donors (Lipinski definition) is 3. The first-order valence-corrected chi connectivity index (χ1v) is 7.50. The predicted molar refractivity (Wildman–Crippen MR) is 81.4 cm³/mol. The number of amides is 1. The van der Waals surface area contributed by atoms with E-state index in [2.05, 4.69) is 26.3 Å². The van der Waals surface area contributed by atoms with Crippen molar-refractivity contribution in [2.45, 2.75) is 25.6 Å². The van der Waals surface area contributed by atoms with Gasteiger partial charge in [0.1, 0.15) is 18.5 Å². The van der Waals surface area contributed by atoms with Crippen molar-refractivity contribution in [3.63, 3.8) is 0 Å². The minimum Gasteiger partial charge on any atom is -0.351 e. The average molecular weight is 318 g/mol. The zero-order valence-corrected chi connectivity index (χ0v) is 12.7. The zero-order valence-electron chi connectivity index (χ0n) is 12.7. The Labute approximate surface area is 133 Å². The maximum Gasteiger partial charge on any atom is 0.226 e. The monoisotopic (exact) mass is 318 g/mol. The van der Waals surface area contributed by atoms with Crippen molar-refractivity contribution in [1.29, 1.82) is 0 Å². The molecule has 0 saturated carbocycles. The van der Waals surface area contributed by atoms with Gasteiger partial charge in [-0.3, -0.25) is 14.9 Å². The quantitative estimate of drug-likeness (QED) is 0.743. The second-order valence-corrected chi connectivity index (χ2v) is 5.69. The van der Waals surface area contributed by atoms with Gasteiger partial charge in [-0.05, 0) is 24.6 Å². The lowest BCUT2D eigenvalue weighted by Crippen LogP contribution is -2.41. The summed E-state index contributed by atoms with van der Waals surface area (Å²) in [6.45, 7) is 2.94. The Hall–Kier alpha value is -2.32. The summed E-state index contributed by atoms with van der Waals surface area (Å²) < 4.78 is 15.1. The first-order valence-electron chi connectivity index (χ1n) is 7.50. The summed E-state index contributed by atoms with van der Waals surface area (Å²) in [4.78, 5) is 16.4. The van der Waals surface area contributed by atoms with Crippen molar-refractivity contribution in [2.75, 3.05) is 6.54 Å². The molecule has 1 aliphatic heterocycles. The zero-order chi connectivity index (χ0) is 16.2. The van der Waals surface area contributed by atoms with E-state index in [0.29, 0.717) is 13.1 Å². The van der Waals surface area contributed by atoms with Crippen molar-refractivity contribution in [3.8, 4) is 0 Å². The third-order valence-electron chi connectivity index (χ3n) is 3.84. The van der Waals surface area contributed by atoms with Crippen molar-refractivity contribution in [1.82, 2.24) is 30.9 Å². The molecule has 8 heteroatoms. The Bertz CT molecular complexity index is 662. The van der Waals surface area contributed by atoms with Gasteiger partial charge in [0.2, 0.25) is 5.91 Å². The van der Waals surface area contributed by atoms with Crippen LogP contribution in [0.1, 0.15) is 18.5 Å². The smallest absolute Gasteiger partial charge is 0.226 e. The highest BCUT2D eigenvalue weighted by Crippen LogP contribution is 2.25. The molecule has 1 fully saturated rings. The fourth-order valence-electron chi connectivity index (χ4n) is 2.76. The molecule has 0 spiro atoms. The molecule has 3 N–H and O–H groups in total. The van der Waals surface area contributed by atoms with Crippen LogP contribution in [0.5, 0.6) is 0 Å². The van der Waals surface area contributed by atoms with Crippen LogP contribution < -0.4 is 16.2 Å². The predicted octanol–water partition coefficient (Wildman–Crippen LogP) is 0.387. The number of hydrazine groups is 1. The van der Waals surface area contributed by atoms with E-state index in [1.165, 1.54) is 18.5 Å². The van der Waals surface area contributed by atoms with Crippen molar-refractivity contribution < 1.29 is 9.18 Å². The molecule has 7 nitrogen and oxygen atoms in total. The van der Waals surface area contributed by atoms with E-state index in [4.69, 9.17) is 0 Å². The lowest BCUT2D eigenvalue weighted by Gasteiger charge is -2.21. The largest absolute Gasteiger partial charge is 0.351 e. The minimum absolute atomic E-state index is 0.0793. The topological polar surface area (TPSA) is 83.9 Å². The molecule has 2 heterocycles. The van der Waals surface area contributed by atoms with Crippen LogP contribution >= 0.6 is 0 Å². The fraction of sp³-hybridized carbons (Fsp3) is 0.400. The van der Waals surface area contributed by atoms with Gasteiger partial charge in [0, 0.05) is 12.6 Å². The van der Waals surface area contributed by atoms with E-state index in [0.717, 1.165) is 5.56 Å². The molecule has 0 bridgehead atoms. The number of aromatic nitrogens is 3. The first kappa shape index (κ1) is 15.6. The Morgan fingerprint density at radius 2 is 2.43 bits per heavy atom. The van der Waals surface area contributed by atoms with Gasteiger partial charge in [-0.2, -0.15) is 5.10 Å². The number of carbonyl (C=O) groups excluding carboxylic acids is 1. The van der Waals surface area contributed by atoms with E-state index >= 15 is 0 Å². The van der Waals surface area contributed by atoms with E-state index in [-0.39, 0.29) is 29.7 Å². The highest BCUT2D eigenvalue weighted by molar-refractivity contribution is 5.80. The van der Waals surface area contributed by atoms with Crippen LogP contribution in [0.3, 0.4) is 0 Å². The van der Waals surface area contributed by atoms with E-state index < -0.39 is 0 Å². The summed E-state index contributed by atoms with van der Waals surface area (Å²) in [5, 5.41) is 6.99. The summed E-state index contributed by atoms with van der Waals surface area (Å²) >= 11 is 0. The molecule has 1 aromatic heterocycles. The number of benzene rings is 1. The standard InChI is InChI=1S/C15H19FN6O/c1-10(7-22-9-17-8-19-22)20-15(23)13-6-18-21-14(13)11-3-2-4-12(16)5-11/h2-5,8-10,13-14,18,21H,6-7H2,1H3,(H,20,23). The number of carbonyl (C=O) groups is 1. The molecule has 1 saturated heterocycles. The number of nitrogens with one attached hydrogen (secondary N) is 3. The second-order valence-electron chi connectivity index (χ2n) is 5.69. The third kappa shape index (κ3) is 3.72. The van der Waals surface area contributed by atoms with E-state index in [1.807, 2.05) is 13.0 Å². The van der Waals surface area contributed by atoms with Gasteiger partial charge >= 0.3 is 0 Å². The fourth-order valence-corrected chi connectivity index (χ4v) is 2.76. The SMILES string of the molecule is CC(Cn1cncn1)NC(=O)C1CNNC1c1cccc(F)c1. The molecule has 23 heavy (non-hydrogen) atoms. The van der Waals surface area contributed by atoms with E-state index in [1.54, 1.807) is 17.1 Å². The Kier molecular flexibility index (Phi) is 4.63. The molecular weight excluding hydrogens is 299 g/mol. The molecular formula is C15H19FN6O. The van der Waals surface area contributed by atoms with Crippen LogP contribution in [0.25, 0.3) is 0 Å². The normalized spacial score (nSPS) is 22.0. The molecule has 1 amide bonds. The highest BCUT2D eigenvalue weighted by atomic mass is 19.1. The number of nitrogens with zero attached hydrogens (tertiary/aromatic N) is 3. The molecule has 122 valence electrons. The summed E-state index contributed by atoms with van der Waals surface area (Å²) in [5.41, 5.74) is 6.77. The van der Waals surface area contributed by atoms with Crippen molar-refractivity contribution >= 4 is 5.91 Å². The van der Waals surface area contributed by atoms with E-state index in [9.17, 15) is 9.18 Å². The Morgan fingerprint density at radius 1 is 1.57 bits per heavy atom. The summed E-state index contributed by atoms with van der Waals surface area (Å²) in [6.07, 6.45) is 3.07.